The van der Waals surface area contributed by atoms with Gasteiger partial charge in [-0.05, 0) is 103 Å². The average molecular weight is 805 g/mol. The van der Waals surface area contributed by atoms with Crippen molar-refractivity contribution in [2.75, 3.05) is 13.2 Å². The van der Waals surface area contributed by atoms with Crippen molar-refractivity contribution in [1.82, 2.24) is 0 Å². The first kappa shape index (κ1) is 54.3. The molecule has 0 aliphatic rings. The number of rotatable bonds is 40. The van der Waals surface area contributed by atoms with E-state index in [-0.39, 0.29) is 37.5 Å². The molecule has 0 amide bonds. The number of ether oxygens (including phenoxy) is 3. The van der Waals surface area contributed by atoms with Gasteiger partial charge in [-0.2, -0.15) is 0 Å². The molecule has 1 atom stereocenters. The Hall–Kier alpha value is -3.67. The van der Waals surface area contributed by atoms with Gasteiger partial charge in [-0.1, -0.05) is 169 Å². The Balaban J connectivity index is 4.46. The highest BCUT2D eigenvalue weighted by Gasteiger charge is 2.19. The molecule has 0 spiro atoms. The molecule has 0 heterocycles. The molecule has 0 aromatic carbocycles. The van der Waals surface area contributed by atoms with E-state index in [4.69, 9.17) is 14.2 Å². The monoisotopic (exact) mass is 805 g/mol. The van der Waals surface area contributed by atoms with Crippen molar-refractivity contribution in [1.29, 1.82) is 0 Å². The third-order valence-electron chi connectivity index (χ3n) is 9.32. The molecule has 328 valence electrons. The molecule has 0 saturated carbocycles. The van der Waals surface area contributed by atoms with E-state index in [1.807, 2.05) is 0 Å². The van der Waals surface area contributed by atoms with Crippen LogP contribution in [0.15, 0.2) is 97.2 Å². The highest BCUT2D eigenvalue weighted by molar-refractivity contribution is 5.71. The number of esters is 3. The summed E-state index contributed by atoms with van der Waals surface area (Å²) in [5.41, 5.74) is 0. The molecule has 6 nitrogen and oxygen atoms in total. The zero-order valence-electron chi connectivity index (χ0n) is 37.3. The van der Waals surface area contributed by atoms with Gasteiger partial charge >= 0.3 is 17.9 Å². The van der Waals surface area contributed by atoms with Crippen LogP contribution >= 0.6 is 0 Å². The van der Waals surface area contributed by atoms with Gasteiger partial charge in [0.2, 0.25) is 0 Å². The molecular formula is C52H84O6. The van der Waals surface area contributed by atoms with Crippen molar-refractivity contribution in [3.05, 3.63) is 97.2 Å². The van der Waals surface area contributed by atoms with Gasteiger partial charge in [0.25, 0.3) is 0 Å². The first-order valence-corrected chi connectivity index (χ1v) is 23.3. The van der Waals surface area contributed by atoms with E-state index in [0.29, 0.717) is 12.8 Å². The van der Waals surface area contributed by atoms with Crippen LogP contribution in [0.3, 0.4) is 0 Å². The lowest BCUT2D eigenvalue weighted by Crippen LogP contribution is -2.30. The van der Waals surface area contributed by atoms with Crippen molar-refractivity contribution >= 4 is 17.9 Å². The summed E-state index contributed by atoms with van der Waals surface area (Å²) in [7, 11) is 0. The second-order valence-corrected chi connectivity index (χ2v) is 14.9. The second-order valence-electron chi connectivity index (χ2n) is 14.9. The summed E-state index contributed by atoms with van der Waals surface area (Å²) in [4.78, 5) is 37.7. The molecule has 0 fully saturated rings. The zero-order valence-corrected chi connectivity index (χ0v) is 37.3. The average Bonchev–Trinajstić information content (AvgIpc) is 3.22. The van der Waals surface area contributed by atoms with Gasteiger partial charge in [-0.15, -0.1) is 0 Å². The minimum atomic E-state index is -0.808. The van der Waals surface area contributed by atoms with E-state index < -0.39 is 6.10 Å². The van der Waals surface area contributed by atoms with Crippen LogP contribution in [0, 0.1) is 0 Å². The Morgan fingerprint density at radius 1 is 0.379 bits per heavy atom. The Morgan fingerprint density at radius 2 is 0.724 bits per heavy atom. The summed E-state index contributed by atoms with van der Waals surface area (Å²) >= 11 is 0. The van der Waals surface area contributed by atoms with Crippen LogP contribution in [0.5, 0.6) is 0 Å². The molecule has 0 bridgehead atoms. The number of carbonyl (C=O) groups excluding carboxylic acids is 3. The molecule has 0 aliphatic carbocycles. The van der Waals surface area contributed by atoms with Gasteiger partial charge in [0.15, 0.2) is 6.10 Å². The van der Waals surface area contributed by atoms with Gasteiger partial charge in [-0.3, -0.25) is 14.4 Å². The highest BCUT2D eigenvalue weighted by atomic mass is 16.6. The molecule has 0 N–H and O–H groups in total. The standard InChI is InChI=1S/C52H84O6/c1-4-7-10-13-16-19-22-23-24-25-26-27-28-29-31-33-36-39-42-45-51(54)57-48-49(47-56-50(53)44-41-38-35-32-21-18-15-12-9-6-3)58-52(55)46-43-40-37-34-30-20-17-14-11-8-5-2/h7,10,14-20,23-24,26-27,29-31,49H,4-6,8-9,11-13,21-22,25,28,32-48H2,1-3H3/b10-7-,17-14-,18-15-,19-16-,24-23-,27-26-,30-20-,31-29-. The van der Waals surface area contributed by atoms with E-state index in [9.17, 15) is 14.4 Å². The van der Waals surface area contributed by atoms with Crippen LogP contribution in [0.2, 0.25) is 0 Å². The van der Waals surface area contributed by atoms with Crippen molar-refractivity contribution in [2.24, 2.45) is 0 Å². The number of hydrogen-bond acceptors (Lipinski definition) is 6. The fourth-order valence-corrected chi connectivity index (χ4v) is 5.78. The molecule has 6 heteroatoms. The summed E-state index contributed by atoms with van der Waals surface area (Å²) in [6, 6.07) is 0. The Bertz CT molecular complexity index is 1200. The van der Waals surface area contributed by atoms with Crippen LogP contribution < -0.4 is 0 Å². The molecule has 0 aliphatic heterocycles. The normalized spacial score (nSPS) is 12.9. The van der Waals surface area contributed by atoms with Crippen LogP contribution in [0.1, 0.15) is 194 Å². The third-order valence-corrected chi connectivity index (χ3v) is 9.32. The van der Waals surface area contributed by atoms with Crippen LogP contribution in [0.4, 0.5) is 0 Å². The molecule has 0 saturated heterocycles. The van der Waals surface area contributed by atoms with Gasteiger partial charge in [0.1, 0.15) is 13.2 Å². The topological polar surface area (TPSA) is 78.9 Å². The summed E-state index contributed by atoms with van der Waals surface area (Å²) in [5.74, 6) is -0.992. The van der Waals surface area contributed by atoms with Gasteiger partial charge in [0, 0.05) is 19.3 Å². The molecule has 58 heavy (non-hydrogen) atoms. The van der Waals surface area contributed by atoms with Crippen molar-refractivity contribution < 1.29 is 28.6 Å². The van der Waals surface area contributed by atoms with Crippen LogP contribution in [-0.4, -0.2) is 37.2 Å². The number of carbonyl (C=O) groups is 3. The molecule has 0 aromatic heterocycles. The fourth-order valence-electron chi connectivity index (χ4n) is 5.78. The lowest BCUT2D eigenvalue weighted by Gasteiger charge is -2.18. The largest absolute Gasteiger partial charge is 0.462 e. The number of unbranched alkanes of at least 4 members (excludes halogenated alkanes) is 14. The number of hydrogen-bond donors (Lipinski definition) is 0. The molecule has 0 rings (SSSR count). The first-order chi connectivity index (χ1) is 28.5. The van der Waals surface area contributed by atoms with E-state index in [1.54, 1.807) is 0 Å². The van der Waals surface area contributed by atoms with E-state index in [2.05, 4.69) is 118 Å². The molecule has 0 aromatic rings. The fraction of sp³-hybridized carbons (Fsp3) is 0.635. The zero-order chi connectivity index (χ0) is 42.3. The van der Waals surface area contributed by atoms with E-state index in [0.717, 1.165) is 128 Å². The molecule has 0 radical (unpaired) electrons. The van der Waals surface area contributed by atoms with Crippen LogP contribution in [-0.2, 0) is 28.6 Å². The minimum absolute atomic E-state index is 0.107. The van der Waals surface area contributed by atoms with Gasteiger partial charge in [0.05, 0.1) is 0 Å². The Labute approximate surface area is 356 Å². The Kier molecular flexibility index (Phi) is 43.1. The maximum absolute atomic E-state index is 12.7. The van der Waals surface area contributed by atoms with Crippen molar-refractivity contribution in [3.8, 4) is 0 Å². The minimum Gasteiger partial charge on any atom is -0.462 e. The van der Waals surface area contributed by atoms with Crippen molar-refractivity contribution in [2.45, 2.75) is 200 Å². The lowest BCUT2D eigenvalue weighted by atomic mass is 10.1. The van der Waals surface area contributed by atoms with E-state index in [1.165, 1.54) is 25.7 Å². The molecule has 1 unspecified atom stereocenters. The van der Waals surface area contributed by atoms with E-state index >= 15 is 0 Å². The third kappa shape index (κ3) is 43.5. The van der Waals surface area contributed by atoms with Gasteiger partial charge < -0.3 is 14.2 Å². The first-order valence-electron chi connectivity index (χ1n) is 23.3. The summed E-state index contributed by atoms with van der Waals surface area (Å²) in [6.45, 7) is 6.33. The predicted molar refractivity (Wildman–Crippen MR) is 247 cm³/mol. The summed E-state index contributed by atoms with van der Waals surface area (Å²) < 4.78 is 16.6. The van der Waals surface area contributed by atoms with Crippen LogP contribution in [0.25, 0.3) is 0 Å². The predicted octanol–water partition coefficient (Wildman–Crippen LogP) is 15.0. The maximum Gasteiger partial charge on any atom is 0.306 e. The SMILES string of the molecule is CC/C=C\C/C=C\C/C=C\C/C=C\C/C=C\CCCCCC(=O)OCC(COC(=O)CCCCCC/C=C\CCCC)OC(=O)CCCCC/C=C\C=C/CCCC. The smallest absolute Gasteiger partial charge is 0.306 e. The summed E-state index contributed by atoms with van der Waals surface area (Å²) in [5, 5.41) is 0. The lowest BCUT2D eigenvalue weighted by molar-refractivity contribution is -0.167. The van der Waals surface area contributed by atoms with Crippen molar-refractivity contribution in [3.63, 3.8) is 0 Å². The highest BCUT2D eigenvalue weighted by Crippen LogP contribution is 2.11. The number of allylic oxidation sites excluding steroid dienone is 16. The quantitative estimate of drug-likeness (QED) is 0.0202. The molecular weight excluding hydrogens is 721 g/mol. The second kappa shape index (κ2) is 46.0. The van der Waals surface area contributed by atoms with Gasteiger partial charge in [-0.25, -0.2) is 0 Å². The Morgan fingerprint density at radius 3 is 1.19 bits per heavy atom. The maximum atomic E-state index is 12.7. The summed E-state index contributed by atoms with van der Waals surface area (Å²) in [6.07, 6.45) is 59.7.